The number of carbonyl (C=O) groups excluding carboxylic acids is 2. The number of amides is 1. The fraction of sp³-hybridized carbons (Fsp3) is 0.0667. The molecule has 2 N–H and O–H groups in total. The Bertz CT molecular complexity index is 901. The Hall–Kier alpha value is -2.58. The number of nitrogens with one attached hydrogen (secondary N) is 2. The summed E-state index contributed by atoms with van der Waals surface area (Å²) in [7, 11) is 0. The SMILES string of the molecule is O=C1NC(=S)N/C1=C\c1cc(-c2ccc3c(c2)COC3=O)ns1. The van der Waals surface area contributed by atoms with Crippen molar-refractivity contribution < 1.29 is 14.3 Å². The van der Waals surface area contributed by atoms with Gasteiger partial charge in [-0.05, 0) is 48.0 Å². The van der Waals surface area contributed by atoms with Gasteiger partial charge in [0.25, 0.3) is 5.91 Å². The van der Waals surface area contributed by atoms with Gasteiger partial charge in [0.1, 0.15) is 12.3 Å². The van der Waals surface area contributed by atoms with Gasteiger partial charge < -0.3 is 10.1 Å². The molecule has 1 aromatic heterocycles. The first-order chi connectivity index (χ1) is 11.1. The van der Waals surface area contributed by atoms with E-state index in [2.05, 4.69) is 15.0 Å². The van der Waals surface area contributed by atoms with Gasteiger partial charge in [-0.2, -0.15) is 4.37 Å². The third kappa shape index (κ3) is 2.51. The van der Waals surface area contributed by atoms with Crippen LogP contribution in [-0.2, 0) is 16.1 Å². The molecule has 4 rings (SSSR count). The normalized spacial score (nSPS) is 17.9. The first kappa shape index (κ1) is 14.0. The number of esters is 1. The average Bonchev–Trinajstić information content (AvgIpc) is 3.21. The van der Waals surface area contributed by atoms with Crippen LogP contribution in [0.2, 0.25) is 0 Å². The van der Waals surface area contributed by atoms with Crippen molar-refractivity contribution in [2.75, 3.05) is 0 Å². The summed E-state index contributed by atoms with van der Waals surface area (Å²) in [6.45, 7) is 0.296. The quantitative estimate of drug-likeness (QED) is 0.492. The van der Waals surface area contributed by atoms with Crippen LogP contribution in [0.15, 0.2) is 30.0 Å². The van der Waals surface area contributed by atoms with E-state index in [4.69, 9.17) is 17.0 Å². The molecule has 23 heavy (non-hydrogen) atoms. The van der Waals surface area contributed by atoms with Crippen LogP contribution in [0.3, 0.4) is 0 Å². The van der Waals surface area contributed by atoms with Gasteiger partial charge in [-0.15, -0.1) is 0 Å². The van der Waals surface area contributed by atoms with Crippen LogP contribution in [0.1, 0.15) is 20.8 Å². The third-order valence-corrected chi connectivity index (χ3v) is 4.45. The van der Waals surface area contributed by atoms with E-state index in [-0.39, 0.29) is 11.9 Å². The second kappa shape index (κ2) is 5.25. The minimum Gasteiger partial charge on any atom is -0.457 e. The number of benzene rings is 1. The van der Waals surface area contributed by atoms with E-state index in [1.807, 2.05) is 18.2 Å². The van der Waals surface area contributed by atoms with Crippen LogP contribution < -0.4 is 10.6 Å². The zero-order valence-electron chi connectivity index (χ0n) is 11.6. The first-order valence-corrected chi connectivity index (χ1v) is 7.89. The minimum atomic E-state index is -0.287. The monoisotopic (exact) mass is 343 g/mol. The van der Waals surface area contributed by atoms with Crippen molar-refractivity contribution in [1.29, 1.82) is 0 Å². The molecule has 0 radical (unpaired) electrons. The molecule has 0 unspecified atom stereocenters. The summed E-state index contributed by atoms with van der Waals surface area (Å²) in [5, 5.41) is 5.61. The molecule has 1 aromatic carbocycles. The van der Waals surface area contributed by atoms with Crippen molar-refractivity contribution in [3.8, 4) is 11.3 Å². The highest BCUT2D eigenvalue weighted by atomic mass is 32.1. The van der Waals surface area contributed by atoms with E-state index < -0.39 is 0 Å². The predicted molar refractivity (Wildman–Crippen MR) is 88.5 cm³/mol. The molecule has 1 amide bonds. The largest absolute Gasteiger partial charge is 0.457 e. The molecule has 2 aliphatic rings. The Kier molecular flexibility index (Phi) is 3.21. The Morgan fingerprint density at radius 1 is 1.26 bits per heavy atom. The molecule has 2 aromatic rings. The summed E-state index contributed by atoms with van der Waals surface area (Å²) in [5.74, 6) is -0.539. The van der Waals surface area contributed by atoms with E-state index in [1.54, 1.807) is 12.1 Å². The van der Waals surface area contributed by atoms with Crippen molar-refractivity contribution in [3.63, 3.8) is 0 Å². The molecule has 1 fully saturated rings. The standard InChI is InChI=1S/C15H9N3O3S2/c19-13-12(16-15(22)17-13)5-9-4-11(18-23-9)7-1-2-10-8(3-7)6-21-14(10)20/h1-5H,6H2,(H2,16,17,19,22)/b12-5-. The smallest absolute Gasteiger partial charge is 0.338 e. The van der Waals surface area contributed by atoms with Crippen LogP contribution in [0.4, 0.5) is 0 Å². The lowest BCUT2D eigenvalue weighted by Gasteiger charge is -1.98. The third-order valence-electron chi connectivity index (χ3n) is 3.51. The summed E-state index contributed by atoms with van der Waals surface area (Å²) in [5.41, 5.74) is 3.56. The van der Waals surface area contributed by atoms with E-state index in [0.29, 0.717) is 23.0 Å². The Morgan fingerprint density at radius 2 is 2.13 bits per heavy atom. The molecule has 0 atom stereocenters. The van der Waals surface area contributed by atoms with Gasteiger partial charge in [-0.25, -0.2) is 4.79 Å². The Balaban J connectivity index is 1.64. The molecule has 2 aliphatic heterocycles. The molecule has 114 valence electrons. The molecule has 0 aliphatic carbocycles. The minimum absolute atomic E-state index is 0.252. The van der Waals surface area contributed by atoms with Crippen molar-refractivity contribution in [3.05, 3.63) is 46.0 Å². The number of cyclic esters (lactones) is 1. The summed E-state index contributed by atoms with van der Waals surface area (Å²) in [6.07, 6.45) is 1.70. The Labute approximate surface area is 140 Å². The number of hydrogen-bond donors (Lipinski definition) is 2. The van der Waals surface area contributed by atoms with E-state index in [1.165, 1.54) is 11.5 Å². The maximum Gasteiger partial charge on any atom is 0.338 e. The van der Waals surface area contributed by atoms with Gasteiger partial charge in [0.2, 0.25) is 0 Å². The van der Waals surface area contributed by atoms with Crippen LogP contribution in [0.5, 0.6) is 0 Å². The van der Waals surface area contributed by atoms with Crippen LogP contribution >= 0.6 is 23.8 Å². The molecule has 6 nitrogen and oxygen atoms in total. The predicted octanol–water partition coefficient (Wildman–Crippen LogP) is 1.83. The number of hydrogen-bond acceptors (Lipinski definition) is 6. The summed E-state index contributed by atoms with van der Waals surface area (Å²) in [6, 6.07) is 7.38. The van der Waals surface area contributed by atoms with Crippen molar-refractivity contribution in [2.45, 2.75) is 6.61 Å². The zero-order chi connectivity index (χ0) is 16.0. The van der Waals surface area contributed by atoms with Crippen molar-refractivity contribution >= 4 is 46.8 Å². The number of carbonyl (C=O) groups is 2. The van der Waals surface area contributed by atoms with Crippen molar-refractivity contribution in [1.82, 2.24) is 15.0 Å². The van der Waals surface area contributed by atoms with Crippen LogP contribution in [0, 0.1) is 0 Å². The fourth-order valence-corrected chi connectivity index (χ4v) is 3.31. The lowest BCUT2D eigenvalue weighted by molar-refractivity contribution is -0.115. The Morgan fingerprint density at radius 3 is 2.91 bits per heavy atom. The fourth-order valence-electron chi connectivity index (χ4n) is 2.41. The second-order valence-electron chi connectivity index (χ2n) is 5.03. The van der Waals surface area contributed by atoms with Gasteiger partial charge in [0.15, 0.2) is 5.11 Å². The van der Waals surface area contributed by atoms with Gasteiger partial charge in [-0.1, -0.05) is 6.07 Å². The molecule has 0 bridgehead atoms. The molecule has 8 heteroatoms. The highest BCUT2D eigenvalue weighted by molar-refractivity contribution is 7.80. The zero-order valence-corrected chi connectivity index (χ0v) is 13.2. The lowest BCUT2D eigenvalue weighted by atomic mass is 10.0. The van der Waals surface area contributed by atoms with E-state index in [0.717, 1.165) is 21.7 Å². The maximum absolute atomic E-state index is 11.6. The van der Waals surface area contributed by atoms with Crippen molar-refractivity contribution in [2.24, 2.45) is 0 Å². The summed E-state index contributed by atoms with van der Waals surface area (Å²) in [4.78, 5) is 23.9. The number of aromatic nitrogens is 1. The van der Waals surface area contributed by atoms with Gasteiger partial charge in [0, 0.05) is 11.1 Å². The average molecular weight is 343 g/mol. The highest BCUT2D eigenvalue weighted by Gasteiger charge is 2.22. The number of rotatable bonds is 2. The lowest BCUT2D eigenvalue weighted by Crippen LogP contribution is -2.21. The number of fused-ring (bicyclic) bond motifs is 1. The maximum atomic E-state index is 11.6. The molecule has 0 spiro atoms. The van der Waals surface area contributed by atoms with Gasteiger partial charge in [-0.3, -0.25) is 10.1 Å². The van der Waals surface area contributed by atoms with Gasteiger partial charge in [0.05, 0.1) is 16.1 Å². The molecule has 0 saturated carbocycles. The number of thiocarbonyl (C=S) groups is 1. The molecule has 1 saturated heterocycles. The molecular formula is C15H9N3O3S2. The van der Waals surface area contributed by atoms with E-state index >= 15 is 0 Å². The number of ether oxygens (including phenoxy) is 1. The van der Waals surface area contributed by atoms with Crippen LogP contribution in [-0.4, -0.2) is 21.4 Å². The molecular weight excluding hydrogens is 334 g/mol. The summed E-state index contributed by atoms with van der Waals surface area (Å²) >= 11 is 6.17. The topological polar surface area (TPSA) is 80.3 Å². The van der Waals surface area contributed by atoms with Crippen LogP contribution in [0.25, 0.3) is 17.3 Å². The number of nitrogens with zero attached hydrogens (tertiary/aromatic N) is 1. The molecule has 3 heterocycles. The second-order valence-corrected chi connectivity index (χ2v) is 6.27. The highest BCUT2D eigenvalue weighted by Crippen LogP contribution is 2.28. The summed E-state index contributed by atoms with van der Waals surface area (Å²) < 4.78 is 9.39. The van der Waals surface area contributed by atoms with E-state index in [9.17, 15) is 9.59 Å². The van der Waals surface area contributed by atoms with Gasteiger partial charge >= 0.3 is 5.97 Å². The first-order valence-electron chi connectivity index (χ1n) is 6.71.